The Hall–Kier alpha value is -5.72. The SMILES string of the molecule is CC(C)(c1ccc(OC(C=O)NCc2ccc(NC(=N)N)cc2)cc1)c1ccc(OC(C=O)NCc2ccc(NC(=N)N)cc2)cc1. The van der Waals surface area contributed by atoms with Crippen LogP contribution in [0.25, 0.3) is 0 Å². The first-order chi connectivity index (χ1) is 22.5. The first-order valence-corrected chi connectivity index (χ1v) is 14.9. The van der Waals surface area contributed by atoms with E-state index in [9.17, 15) is 9.59 Å². The summed E-state index contributed by atoms with van der Waals surface area (Å²) in [5.74, 6) is 0.828. The monoisotopic (exact) mass is 636 g/mol. The summed E-state index contributed by atoms with van der Waals surface area (Å²) in [4.78, 5) is 23.4. The predicted molar refractivity (Wildman–Crippen MR) is 184 cm³/mol. The second kappa shape index (κ2) is 16.0. The molecule has 4 aromatic carbocycles. The number of carbonyl (C=O) groups is 2. The van der Waals surface area contributed by atoms with Crippen LogP contribution in [0.4, 0.5) is 11.4 Å². The molecule has 12 heteroatoms. The molecule has 2 atom stereocenters. The second-order valence-corrected chi connectivity index (χ2v) is 11.3. The molecule has 10 N–H and O–H groups in total. The van der Waals surface area contributed by atoms with Gasteiger partial charge in [-0.3, -0.25) is 31.0 Å². The van der Waals surface area contributed by atoms with Crippen LogP contribution in [0, 0.1) is 10.8 Å². The van der Waals surface area contributed by atoms with Gasteiger partial charge in [0.1, 0.15) is 11.5 Å². The van der Waals surface area contributed by atoms with Gasteiger partial charge in [-0.05, 0) is 70.8 Å². The van der Waals surface area contributed by atoms with Crippen molar-refractivity contribution in [1.82, 2.24) is 10.6 Å². The lowest BCUT2D eigenvalue weighted by atomic mass is 9.78. The van der Waals surface area contributed by atoms with E-state index in [-0.39, 0.29) is 17.3 Å². The third-order valence-corrected chi connectivity index (χ3v) is 7.41. The van der Waals surface area contributed by atoms with Gasteiger partial charge in [0, 0.05) is 29.9 Å². The highest BCUT2D eigenvalue weighted by atomic mass is 16.5. The standard InChI is InChI=1S/C35H40N8O4/c1-35(2,25-7-15-29(16-8-25)46-31(21-44)40-19-23-3-11-27(12-4-23)42-33(36)37)26-9-17-30(18-10-26)47-32(22-45)41-20-24-5-13-28(14-6-24)43-34(38)39/h3-18,21-22,31-32,40-41H,19-20H2,1-2H3,(H4,36,37,42)(H4,38,39,43). The fourth-order valence-electron chi connectivity index (χ4n) is 4.76. The van der Waals surface area contributed by atoms with Crippen molar-refractivity contribution in [1.29, 1.82) is 10.8 Å². The lowest BCUT2D eigenvalue weighted by Gasteiger charge is -2.27. The summed E-state index contributed by atoms with van der Waals surface area (Å²) < 4.78 is 11.7. The minimum atomic E-state index is -0.836. The van der Waals surface area contributed by atoms with Crippen molar-refractivity contribution in [3.63, 3.8) is 0 Å². The lowest BCUT2D eigenvalue weighted by Crippen LogP contribution is -2.35. The van der Waals surface area contributed by atoms with E-state index < -0.39 is 12.5 Å². The molecule has 0 aliphatic heterocycles. The molecule has 0 aromatic heterocycles. The van der Waals surface area contributed by atoms with Crippen LogP contribution in [-0.2, 0) is 28.1 Å². The number of nitrogens with two attached hydrogens (primary N) is 2. The van der Waals surface area contributed by atoms with Crippen LogP contribution in [0.15, 0.2) is 97.1 Å². The van der Waals surface area contributed by atoms with Gasteiger partial charge in [-0.2, -0.15) is 0 Å². The molecule has 0 radical (unpaired) electrons. The topological polar surface area (TPSA) is 200 Å². The second-order valence-electron chi connectivity index (χ2n) is 11.3. The first-order valence-electron chi connectivity index (χ1n) is 14.9. The normalized spacial score (nSPS) is 12.3. The average molecular weight is 637 g/mol. The van der Waals surface area contributed by atoms with E-state index in [2.05, 4.69) is 35.1 Å². The van der Waals surface area contributed by atoms with Gasteiger partial charge in [-0.25, -0.2) is 0 Å². The molecular formula is C35H40N8O4. The van der Waals surface area contributed by atoms with Crippen LogP contribution in [0.5, 0.6) is 11.5 Å². The molecular weight excluding hydrogens is 596 g/mol. The molecule has 0 aliphatic rings. The number of rotatable bonds is 16. The fourth-order valence-corrected chi connectivity index (χ4v) is 4.76. The van der Waals surface area contributed by atoms with Gasteiger partial charge in [0.05, 0.1) is 0 Å². The van der Waals surface area contributed by atoms with Gasteiger partial charge in [0.2, 0.25) is 12.5 Å². The number of anilines is 2. The van der Waals surface area contributed by atoms with Crippen molar-refractivity contribution in [3.05, 3.63) is 119 Å². The number of nitrogens with one attached hydrogen (secondary N) is 6. The smallest absolute Gasteiger partial charge is 0.206 e. The number of hydrogen-bond donors (Lipinski definition) is 8. The quantitative estimate of drug-likeness (QED) is 0.0385. The summed E-state index contributed by atoms with van der Waals surface area (Å²) in [5, 5.41) is 26.2. The van der Waals surface area contributed by atoms with E-state index in [0.717, 1.165) is 22.3 Å². The third-order valence-electron chi connectivity index (χ3n) is 7.41. The molecule has 47 heavy (non-hydrogen) atoms. The molecule has 0 bridgehead atoms. The van der Waals surface area contributed by atoms with Crippen LogP contribution >= 0.6 is 0 Å². The van der Waals surface area contributed by atoms with E-state index in [1.54, 1.807) is 24.3 Å². The Morgan fingerprint density at radius 1 is 0.638 bits per heavy atom. The van der Waals surface area contributed by atoms with Crippen molar-refractivity contribution >= 4 is 35.9 Å². The molecule has 0 saturated carbocycles. The Kier molecular flexibility index (Phi) is 11.6. The molecule has 12 nitrogen and oxygen atoms in total. The average Bonchev–Trinajstić information content (AvgIpc) is 3.06. The van der Waals surface area contributed by atoms with Crippen LogP contribution < -0.4 is 42.2 Å². The predicted octanol–water partition coefficient (Wildman–Crippen LogP) is 4.01. The summed E-state index contributed by atoms with van der Waals surface area (Å²) in [6, 6.07) is 29.9. The maximum absolute atomic E-state index is 11.7. The maximum atomic E-state index is 11.7. The van der Waals surface area contributed by atoms with E-state index in [4.69, 9.17) is 31.8 Å². The highest BCUT2D eigenvalue weighted by Gasteiger charge is 2.23. The maximum Gasteiger partial charge on any atom is 0.206 e. The highest BCUT2D eigenvalue weighted by Crippen LogP contribution is 2.33. The number of ether oxygens (including phenoxy) is 2. The number of guanidine groups is 2. The molecule has 4 rings (SSSR count). The molecule has 0 fully saturated rings. The van der Waals surface area contributed by atoms with Crippen LogP contribution in [0.2, 0.25) is 0 Å². The Balaban J connectivity index is 1.29. The van der Waals surface area contributed by atoms with E-state index in [1.807, 2.05) is 72.8 Å². The third kappa shape index (κ3) is 10.1. The lowest BCUT2D eigenvalue weighted by molar-refractivity contribution is -0.115. The van der Waals surface area contributed by atoms with Gasteiger partial charge in [-0.1, -0.05) is 62.4 Å². The number of carbonyl (C=O) groups excluding carboxylic acids is 2. The number of hydrogen-bond acceptors (Lipinski definition) is 8. The molecule has 0 saturated heterocycles. The first kappa shape index (κ1) is 34.2. The Bertz CT molecular complexity index is 1520. The van der Waals surface area contributed by atoms with Gasteiger partial charge >= 0.3 is 0 Å². The van der Waals surface area contributed by atoms with Gasteiger partial charge in [-0.15, -0.1) is 0 Å². The highest BCUT2D eigenvalue weighted by molar-refractivity contribution is 5.90. The molecule has 2 unspecified atom stereocenters. The van der Waals surface area contributed by atoms with Gasteiger partial charge in [0.15, 0.2) is 24.5 Å². The number of aldehydes is 2. The van der Waals surface area contributed by atoms with Crippen molar-refractivity contribution in [2.24, 2.45) is 11.5 Å². The van der Waals surface area contributed by atoms with Crippen LogP contribution in [0.3, 0.4) is 0 Å². The van der Waals surface area contributed by atoms with Crippen LogP contribution in [-0.4, -0.2) is 36.9 Å². The van der Waals surface area contributed by atoms with Crippen molar-refractivity contribution < 1.29 is 19.1 Å². The minimum absolute atomic E-state index is 0.137. The Morgan fingerprint density at radius 3 is 1.28 bits per heavy atom. The van der Waals surface area contributed by atoms with Gasteiger partial charge in [0.25, 0.3) is 0 Å². The summed E-state index contributed by atoms with van der Waals surface area (Å²) in [7, 11) is 0. The molecule has 0 amide bonds. The van der Waals surface area contributed by atoms with Crippen LogP contribution in [0.1, 0.15) is 36.1 Å². The van der Waals surface area contributed by atoms with Crippen molar-refractivity contribution in [2.75, 3.05) is 10.6 Å². The molecule has 0 aliphatic carbocycles. The molecule has 0 heterocycles. The largest absolute Gasteiger partial charge is 0.468 e. The van der Waals surface area contributed by atoms with Crippen molar-refractivity contribution in [3.8, 4) is 11.5 Å². The van der Waals surface area contributed by atoms with Gasteiger partial charge < -0.3 is 31.6 Å². The summed E-state index contributed by atoms with van der Waals surface area (Å²) in [6.45, 7) is 5.04. The summed E-state index contributed by atoms with van der Waals surface area (Å²) in [6.07, 6.45) is -0.247. The summed E-state index contributed by atoms with van der Waals surface area (Å²) in [5.41, 5.74) is 15.7. The van der Waals surface area contributed by atoms with E-state index in [0.29, 0.717) is 48.5 Å². The number of benzene rings is 4. The fraction of sp³-hybridized carbons (Fsp3) is 0.200. The molecule has 4 aromatic rings. The Morgan fingerprint density at radius 2 is 0.979 bits per heavy atom. The minimum Gasteiger partial charge on any atom is -0.468 e. The zero-order chi connectivity index (χ0) is 33.8. The molecule has 244 valence electrons. The zero-order valence-corrected chi connectivity index (χ0v) is 26.2. The summed E-state index contributed by atoms with van der Waals surface area (Å²) >= 11 is 0. The molecule has 0 spiro atoms. The zero-order valence-electron chi connectivity index (χ0n) is 26.2. The Labute approximate surface area is 273 Å². The van der Waals surface area contributed by atoms with E-state index in [1.165, 1.54) is 0 Å². The van der Waals surface area contributed by atoms with Crippen molar-refractivity contribution in [2.45, 2.75) is 44.8 Å². The van der Waals surface area contributed by atoms with E-state index >= 15 is 0 Å².